The Bertz CT molecular complexity index is 278. The highest BCUT2D eigenvalue weighted by atomic mass is 16.2. The van der Waals surface area contributed by atoms with Gasteiger partial charge in [-0.05, 0) is 47.0 Å². The third-order valence-electron chi connectivity index (χ3n) is 4.03. The molecule has 2 N–H and O–H groups in total. The summed E-state index contributed by atoms with van der Waals surface area (Å²) in [5.41, 5.74) is 0.243. The van der Waals surface area contributed by atoms with Crippen molar-refractivity contribution in [3.8, 4) is 0 Å². The van der Waals surface area contributed by atoms with E-state index in [1.54, 1.807) is 0 Å². The van der Waals surface area contributed by atoms with Crippen molar-refractivity contribution in [2.24, 2.45) is 0 Å². The normalized spacial score (nSPS) is 20.3. The number of amides is 1. The maximum absolute atomic E-state index is 11.8. The van der Waals surface area contributed by atoms with E-state index in [-0.39, 0.29) is 11.4 Å². The summed E-state index contributed by atoms with van der Waals surface area (Å²) in [6.07, 6.45) is 3.18. The lowest BCUT2D eigenvalue weighted by atomic mass is 9.98. The first kappa shape index (κ1) is 16.4. The van der Waals surface area contributed by atoms with Crippen molar-refractivity contribution < 1.29 is 4.79 Å². The van der Waals surface area contributed by atoms with Crippen molar-refractivity contribution in [2.45, 2.75) is 71.5 Å². The number of carbonyl (C=O) groups is 1. The van der Waals surface area contributed by atoms with Crippen molar-refractivity contribution in [1.29, 1.82) is 0 Å². The molecule has 1 fully saturated rings. The molecule has 0 bridgehead atoms. The van der Waals surface area contributed by atoms with Gasteiger partial charge in [0.1, 0.15) is 0 Å². The van der Waals surface area contributed by atoms with Crippen LogP contribution in [0, 0.1) is 0 Å². The van der Waals surface area contributed by atoms with E-state index in [0.717, 1.165) is 32.4 Å². The van der Waals surface area contributed by atoms with Crippen molar-refractivity contribution >= 4 is 5.91 Å². The largest absolute Gasteiger partial charge is 0.352 e. The van der Waals surface area contributed by atoms with Gasteiger partial charge < -0.3 is 10.6 Å². The van der Waals surface area contributed by atoms with Crippen LogP contribution in [-0.2, 0) is 4.79 Å². The zero-order valence-corrected chi connectivity index (χ0v) is 13.3. The molecule has 1 amide bonds. The molecule has 4 nitrogen and oxygen atoms in total. The summed E-state index contributed by atoms with van der Waals surface area (Å²) in [5, 5.41) is 6.37. The Labute approximate surface area is 118 Å². The third-order valence-corrected chi connectivity index (χ3v) is 4.03. The first-order chi connectivity index (χ1) is 8.82. The summed E-state index contributed by atoms with van der Waals surface area (Å²) in [6, 6.07) is 0.762. The number of hydrogen-bond donors (Lipinski definition) is 2. The Morgan fingerprint density at radius 2 is 1.89 bits per heavy atom. The van der Waals surface area contributed by atoms with Crippen LogP contribution < -0.4 is 10.6 Å². The summed E-state index contributed by atoms with van der Waals surface area (Å²) < 4.78 is 0. The molecule has 1 saturated heterocycles. The lowest BCUT2D eigenvalue weighted by Crippen LogP contribution is -2.52. The molecule has 1 unspecified atom stereocenters. The zero-order valence-electron chi connectivity index (χ0n) is 13.3. The van der Waals surface area contributed by atoms with Crippen LogP contribution in [0.4, 0.5) is 0 Å². The minimum absolute atomic E-state index is 0.134. The number of carbonyl (C=O) groups excluding carboxylic acids is 1. The Morgan fingerprint density at radius 3 is 2.37 bits per heavy atom. The van der Waals surface area contributed by atoms with Crippen molar-refractivity contribution in [1.82, 2.24) is 15.5 Å². The number of likely N-dealkylation sites (tertiary alicyclic amines) is 1. The summed E-state index contributed by atoms with van der Waals surface area (Å²) >= 11 is 0. The lowest BCUT2D eigenvalue weighted by molar-refractivity contribution is -0.121. The second kappa shape index (κ2) is 7.25. The maximum atomic E-state index is 11.8. The molecule has 112 valence electrons. The van der Waals surface area contributed by atoms with Crippen LogP contribution in [0.2, 0.25) is 0 Å². The van der Waals surface area contributed by atoms with E-state index in [1.807, 2.05) is 0 Å². The topological polar surface area (TPSA) is 44.4 Å². The molecule has 1 atom stereocenters. The first-order valence-electron chi connectivity index (χ1n) is 7.60. The SMILES string of the molecule is CCC(C)NCC(=O)NC1CCN(C(C)(C)C)CC1. The molecular formula is C15H31N3O. The van der Waals surface area contributed by atoms with Gasteiger partial charge in [0.15, 0.2) is 0 Å². The molecule has 0 spiro atoms. The van der Waals surface area contributed by atoms with Crippen LogP contribution in [0.25, 0.3) is 0 Å². The van der Waals surface area contributed by atoms with E-state index < -0.39 is 0 Å². The average Bonchev–Trinajstić information content (AvgIpc) is 2.35. The monoisotopic (exact) mass is 269 g/mol. The van der Waals surface area contributed by atoms with Crippen LogP contribution in [-0.4, -0.2) is 48.1 Å². The first-order valence-corrected chi connectivity index (χ1v) is 7.60. The fourth-order valence-corrected chi connectivity index (χ4v) is 2.38. The van der Waals surface area contributed by atoms with Gasteiger partial charge in [-0.1, -0.05) is 6.92 Å². The quantitative estimate of drug-likeness (QED) is 0.799. The van der Waals surface area contributed by atoms with Crippen LogP contribution in [0.3, 0.4) is 0 Å². The molecule has 0 radical (unpaired) electrons. The second-order valence-electron chi connectivity index (χ2n) is 6.69. The smallest absolute Gasteiger partial charge is 0.234 e. The van der Waals surface area contributed by atoms with E-state index in [0.29, 0.717) is 18.6 Å². The second-order valence-corrected chi connectivity index (χ2v) is 6.69. The highest BCUT2D eigenvalue weighted by molar-refractivity contribution is 5.78. The van der Waals surface area contributed by atoms with Crippen molar-refractivity contribution in [3.05, 3.63) is 0 Å². The predicted molar refractivity (Wildman–Crippen MR) is 80.2 cm³/mol. The molecule has 0 aromatic rings. The van der Waals surface area contributed by atoms with Crippen LogP contribution in [0.1, 0.15) is 53.9 Å². The van der Waals surface area contributed by atoms with Crippen molar-refractivity contribution in [3.63, 3.8) is 0 Å². The Balaban J connectivity index is 2.24. The van der Waals surface area contributed by atoms with Crippen LogP contribution in [0.5, 0.6) is 0 Å². The maximum Gasteiger partial charge on any atom is 0.234 e. The molecular weight excluding hydrogens is 238 g/mol. The summed E-state index contributed by atoms with van der Waals surface area (Å²) in [5.74, 6) is 0.134. The van der Waals surface area contributed by atoms with Gasteiger partial charge >= 0.3 is 0 Å². The lowest BCUT2D eigenvalue weighted by Gasteiger charge is -2.41. The molecule has 1 heterocycles. The third kappa shape index (κ3) is 5.91. The molecule has 1 aliphatic rings. The van der Waals surface area contributed by atoms with Crippen molar-refractivity contribution in [2.75, 3.05) is 19.6 Å². The summed E-state index contributed by atoms with van der Waals surface area (Å²) in [6.45, 7) is 13.6. The average molecular weight is 269 g/mol. The van der Waals surface area contributed by atoms with E-state index in [9.17, 15) is 4.79 Å². The van der Waals surface area contributed by atoms with Gasteiger partial charge in [0.2, 0.25) is 5.91 Å². The fourth-order valence-electron chi connectivity index (χ4n) is 2.38. The van der Waals surface area contributed by atoms with Gasteiger partial charge in [0.05, 0.1) is 6.54 Å². The minimum Gasteiger partial charge on any atom is -0.352 e. The van der Waals surface area contributed by atoms with Gasteiger partial charge in [0.25, 0.3) is 0 Å². The van der Waals surface area contributed by atoms with E-state index in [2.05, 4.69) is 50.2 Å². The predicted octanol–water partition coefficient (Wildman–Crippen LogP) is 1.75. The Morgan fingerprint density at radius 1 is 1.32 bits per heavy atom. The van der Waals surface area contributed by atoms with E-state index in [4.69, 9.17) is 0 Å². The van der Waals surface area contributed by atoms with Gasteiger partial charge in [-0.15, -0.1) is 0 Å². The molecule has 4 heteroatoms. The van der Waals surface area contributed by atoms with Gasteiger partial charge in [-0.25, -0.2) is 0 Å². The minimum atomic E-state index is 0.134. The summed E-state index contributed by atoms with van der Waals surface area (Å²) in [7, 11) is 0. The standard InChI is InChI=1S/C15H31N3O/c1-6-12(2)16-11-14(19)17-13-7-9-18(10-8-13)15(3,4)5/h12-13,16H,6-11H2,1-5H3,(H,17,19). The van der Waals surface area contributed by atoms with E-state index >= 15 is 0 Å². The molecule has 1 rings (SSSR count). The fraction of sp³-hybridized carbons (Fsp3) is 0.933. The Hall–Kier alpha value is -0.610. The van der Waals surface area contributed by atoms with E-state index in [1.165, 1.54) is 0 Å². The number of nitrogens with zero attached hydrogens (tertiary/aromatic N) is 1. The Kier molecular flexibility index (Phi) is 6.27. The molecule has 1 aliphatic heterocycles. The van der Waals surface area contributed by atoms with Crippen LogP contribution >= 0.6 is 0 Å². The number of hydrogen-bond acceptors (Lipinski definition) is 3. The highest BCUT2D eigenvalue weighted by Crippen LogP contribution is 2.19. The highest BCUT2D eigenvalue weighted by Gasteiger charge is 2.27. The van der Waals surface area contributed by atoms with Gasteiger partial charge in [0, 0.05) is 30.7 Å². The molecule has 19 heavy (non-hydrogen) atoms. The number of piperidine rings is 1. The van der Waals surface area contributed by atoms with Crippen LogP contribution in [0.15, 0.2) is 0 Å². The van der Waals surface area contributed by atoms with Gasteiger partial charge in [-0.2, -0.15) is 0 Å². The molecule has 0 aromatic carbocycles. The summed E-state index contributed by atoms with van der Waals surface area (Å²) in [4.78, 5) is 14.3. The number of nitrogens with one attached hydrogen (secondary N) is 2. The molecule has 0 aliphatic carbocycles. The molecule has 0 aromatic heterocycles. The zero-order chi connectivity index (χ0) is 14.5. The van der Waals surface area contributed by atoms with Gasteiger partial charge in [-0.3, -0.25) is 9.69 Å². The number of rotatable bonds is 5. The molecule has 0 saturated carbocycles.